The minimum atomic E-state index is -0.552. The molecule has 0 saturated carbocycles. The summed E-state index contributed by atoms with van der Waals surface area (Å²) in [5.41, 5.74) is 3.13. The highest BCUT2D eigenvalue weighted by Gasteiger charge is 2.16. The average molecular weight is 660 g/mol. The normalized spacial score (nSPS) is 11.1. The topological polar surface area (TPSA) is 100 Å². The third-order valence-electron chi connectivity index (χ3n) is 6.11. The number of amides is 3. The van der Waals surface area contributed by atoms with Gasteiger partial charge in [-0.25, -0.2) is 4.98 Å². The number of thioether (sulfide) groups is 1. The fourth-order valence-electron chi connectivity index (χ4n) is 3.94. The molecule has 0 unspecified atom stereocenters. The van der Waals surface area contributed by atoms with Gasteiger partial charge in [0, 0.05) is 27.1 Å². The summed E-state index contributed by atoms with van der Waals surface area (Å²) in [7, 11) is 0. The van der Waals surface area contributed by atoms with Crippen molar-refractivity contribution < 1.29 is 14.4 Å². The van der Waals surface area contributed by atoms with Crippen molar-refractivity contribution in [3.63, 3.8) is 0 Å². The van der Waals surface area contributed by atoms with Crippen molar-refractivity contribution in [3.8, 4) is 11.3 Å². The molecule has 0 spiro atoms. The van der Waals surface area contributed by atoms with Gasteiger partial charge in [0.15, 0.2) is 5.13 Å². The van der Waals surface area contributed by atoms with Crippen molar-refractivity contribution >= 4 is 80.9 Å². The molecule has 4 aromatic carbocycles. The van der Waals surface area contributed by atoms with Crippen molar-refractivity contribution in [1.82, 2.24) is 10.3 Å². The quantitative estimate of drug-likeness (QED) is 0.104. The minimum absolute atomic E-state index is 0.0178. The zero-order chi connectivity index (χ0) is 30.9. The summed E-state index contributed by atoms with van der Waals surface area (Å²) in [6.07, 6.45) is 1.47. The first-order valence-corrected chi connectivity index (χ1v) is 15.8. The molecule has 0 atom stereocenters. The maximum absolute atomic E-state index is 13.3. The van der Waals surface area contributed by atoms with E-state index in [2.05, 4.69) is 20.9 Å². The fraction of sp³-hybridized carbons (Fsp3) is 0.0303. The van der Waals surface area contributed by atoms with Crippen LogP contribution in [0.3, 0.4) is 0 Å². The lowest BCUT2D eigenvalue weighted by atomic mass is 10.1. The summed E-state index contributed by atoms with van der Waals surface area (Å²) in [4.78, 5) is 44.0. The van der Waals surface area contributed by atoms with Crippen LogP contribution in [0.15, 0.2) is 119 Å². The van der Waals surface area contributed by atoms with Crippen LogP contribution < -0.4 is 16.0 Å². The molecule has 1 heterocycles. The number of hydrogen-bond acceptors (Lipinski definition) is 6. The zero-order valence-corrected chi connectivity index (χ0v) is 26.1. The lowest BCUT2D eigenvalue weighted by molar-refractivity contribution is -0.114. The van der Waals surface area contributed by atoms with Crippen LogP contribution in [0.4, 0.5) is 10.8 Å². The van der Waals surface area contributed by atoms with Crippen LogP contribution in [0.5, 0.6) is 0 Å². The summed E-state index contributed by atoms with van der Waals surface area (Å²) in [6, 6.07) is 30.4. The van der Waals surface area contributed by atoms with Gasteiger partial charge in [0.05, 0.1) is 21.5 Å². The van der Waals surface area contributed by atoms with Gasteiger partial charge in [-0.3, -0.25) is 14.4 Å². The monoisotopic (exact) mass is 658 g/mol. The molecule has 3 N–H and O–H groups in total. The van der Waals surface area contributed by atoms with E-state index >= 15 is 0 Å². The first-order valence-electron chi connectivity index (χ1n) is 13.2. The number of aromatic nitrogens is 1. The number of rotatable bonds is 10. The first kappa shape index (κ1) is 31.0. The molecule has 0 bridgehead atoms. The van der Waals surface area contributed by atoms with Crippen LogP contribution in [-0.2, 0) is 9.59 Å². The van der Waals surface area contributed by atoms with E-state index in [0.717, 1.165) is 16.2 Å². The molecule has 220 valence electrons. The SMILES string of the molecule is O=C(CSc1ccc(NC(=O)/C(=C/c2cccc(Cl)c2Cl)NC(=O)c2ccccc2)cc1)Nc1nc(-c2ccccc2)cs1. The van der Waals surface area contributed by atoms with Gasteiger partial charge >= 0.3 is 0 Å². The van der Waals surface area contributed by atoms with Gasteiger partial charge in [0.25, 0.3) is 11.8 Å². The van der Waals surface area contributed by atoms with E-state index in [4.69, 9.17) is 23.2 Å². The van der Waals surface area contributed by atoms with Crippen LogP contribution in [0.25, 0.3) is 17.3 Å². The van der Waals surface area contributed by atoms with E-state index < -0.39 is 11.8 Å². The largest absolute Gasteiger partial charge is 0.321 e. The third kappa shape index (κ3) is 8.36. The number of halogens is 2. The Hall–Kier alpha value is -4.41. The van der Waals surface area contributed by atoms with Gasteiger partial charge in [-0.15, -0.1) is 23.1 Å². The average Bonchev–Trinajstić information content (AvgIpc) is 3.51. The van der Waals surface area contributed by atoms with Crippen LogP contribution >= 0.6 is 46.3 Å². The van der Waals surface area contributed by atoms with Gasteiger partial charge in [0.2, 0.25) is 5.91 Å². The molecule has 0 radical (unpaired) electrons. The van der Waals surface area contributed by atoms with Crippen molar-refractivity contribution in [2.75, 3.05) is 16.4 Å². The Balaban J connectivity index is 1.21. The molecule has 44 heavy (non-hydrogen) atoms. The molecule has 1 aromatic heterocycles. The molecule has 3 amide bonds. The highest BCUT2D eigenvalue weighted by Crippen LogP contribution is 2.28. The Morgan fingerprint density at radius 2 is 1.52 bits per heavy atom. The Labute approximate surface area is 272 Å². The van der Waals surface area contributed by atoms with E-state index in [1.807, 2.05) is 35.7 Å². The van der Waals surface area contributed by atoms with Crippen LogP contribution in [-0.4, -0.2) is 28.5 Å². The smallest absolute Gasteiger partial charge is 0.272 e. The molecule has 0 aliphatic rings. The van der Waals surface area contributed by atoms with Crippen molar-refractivity contribution in [3.05, 3.63) is 135 Å². The predicted octanol–water partition coefficient (Wildman–Crippen LogP) is 8.26. The number of benzene rings is 4. The second kappa shape index (κ2) is 14.9. The van der Waals surface area contributed by atoms with Gasteiger partial charge < -0.3 is 16.0 Å². The van der Waals surface area contributed by atoms with Crippen LogP contribution in [0.1, 0.15) is 15.9 Å². The summed E-state index contributed by atoms with van der Waals surface area (Å²) >= 11 is 15.2. The highest BCUT2D eigenvalue weighted by atomic mass is 35.5. The fourth-order valence-corrected chi connectivity index (χ4v) is 5.74. The highest BCUT2D eigenvalue weighted by molar-refractivity contribution is 8.00. The summed E-state index contributed by atoms with van der Waals surface area (Å²) in [5, 5.41) is 11.3. The molecule has 0 aliphatic heterocycles. The number of hydrogen-bond donors (Lipinski definition) is 3. The lowest BCUT2D eigenvalue weighted by Gasteiger charge is -2.12. The summed E-state index contributed by atoms with van der Waals surface area (Å²) in [5.74, 6) is -0.998. The third-order valence-corrected chi connectivity index (χ3v) is 8.72. The Morgan fingerprint density at radius 1 is 0.818 bits per heavy atom. The Kier molecular flexibility index (Phi) is 10.5. The number of anilines is 2. The van der Waals surface area contributed by atoms with Gasteiger partial charge in [-0.2, -0.15) is 0 Å². The van der Waals surface area contributed by atoms with E-state index in [1.165, 1.54) is 29.2 Å². The standard InChI is InChI=1S/C33H24Cl2N4O3S2/c34-26-13-7-12-23(30(26)35)18-27(37-31(41)22-10-5-2-6-11-22)32(42)36-24-14-16-25(17-15-24)43-20-29(40)39-33-38-28(19-44-33)21-8-3-1-4-9-21/h1-19H,20H2,(H,36,42)(H,37,41)(H,38,39,40)/b27-18-. The lowest BCUT2D eigenvalue weighted by Crippen LogP contribution is -2.30. The van der Waals surface area contributed by atoms with E-state index in [-0.39, 0.29) is 22.4 Å². The molecule has 5 rings (SSSR count). The van der Waals surface area contributed by atoms with E-state index in [0.29, 0.717) is 27.0 Å². The zero-order valence-electron chi connectivity index (χ0n) is 22.9. The maximum atomic E-state index is 13.3. The number of thiazole rings is 1. The second-order valence-electron chi connectivity index (χ2n) is 9.24. The Bertz CT molecular complexity index is 1810. The number of carbonyl (C=O) groups is 3. The summed E-state index contributed by atoms with van der Waals surface area (Å²) < 4.78 is 0. The number of nitrogens with one attached hydrogen (secondary N) is 3. The van der Waals surface area contributed by atoms with Crippen molar-refractivity contribution in [2.45, 2.75) is 4.90 Å². The molecule has 7 nitrogen and oxygen atoms in total. The second-order valence-corrected chi connectivity index (χ2v) is 11.9. The first-order chi connectivity index (χ1) is 21.4. The number of nitrogens with zero attached hydrogens (tertiary/aromatic N) is 1. The molecule has 0 fully saturated rings. The number of carbonyl (C=O) groups excluding carboxylic acids is 3. The van der Waals surface area contributed by atoms with Crippen LogP contribution in [0.2, 0.25) is 10.0 Å². The molecule has 0 saturated heterocycles. The van der Waals surface area contributed by atoms with Crippen molar-refractivity contribution in [1.29, 1.82) is 0 Å². The maximum Gasteiger partial charge on any atom is 0.272 e. The van der Waals surface area contributed by atoms with Gasteiger partial charge in [-0.1, -0.05) is 83.9 Å². The predicted molar refractivity (Wildman–Crippen MR) is 180 cm³/mol. The molecule has 5 aromatic rings. The van der Waals surface area contributed by atoms with Crippen molar-refractivity contribution in [2.24, 2.45) is 0 Å². The molecular weight excluding hydrogens is 635 g/mol. The van der Waals surface area contributed by atoms with Gasteiger partial charge in [-0.05, 0) is 54.1 Å². The summed E-state index contributed by atoms with van der Waals surface area (Å²) in [6.45, 7) is 0. The van der Waals surface area contributed by atoms with E-state index in [1.54, 1.807) is 72.8 Å². The molecular formula is C33H24Cl2N4O3S2. The Morgan fingerprint density at radius 3 is 2.25 bits per heavy atom. The minimum Gasteiger partial charge on any atom is -0.321 e. The molecule has 0 aliphatic carbocycles. The van der Waals surface area contributed by atoms with Gasteiger partial charge in [0.1, 0.15) is 5.70 Å². The van der Waals surface area contributed by atoms with Crippen LogP contribution in [0, 0.1) is 0 Å². The molecule has 11 heteroatoms. The van der Waals surface area contributed by atoms with E-state index in [9.17, 15) is 14.4 Å².